The third kappa shape index (κ3) is 3.84. The highest BCUT2D eigenvalue weighted by Crippen LogP contribution is 2.18. The molecule has 1 fully saturated rings. The van der Waals surface area contributed by atoms with Gasteiger partial charge in [-0.3, -0.25) is 0 Å². The van der Waals surface area contributed by atoms with Gasteiger partial charge >= 0.3 is 0 Å². The summed E-state index contributed by atoms with van der Waals surface area (Å²) < 4.78 is 24.1. The average molecular weight is 281 g/mol. The topological polar surface area (TPSA) is 60.1 Å². The molecule has 0 atom stereocenters. The van der Waals surface area contributed by atoms with Gasteiger partial charge in [0, 0.05) is 13.1 Å². The first-order valence-corrected chi connectivity index (χ1v) is 6.74. The van der Waals surface area contributed by atoms with Crippen molar-refractivity contribution >= 4 is 5.96 Å². The number of hydrogen-bond acceptors (Lipinski definition) is 3. The van der Waals surface area contributed by atoms with Gasteiger partial charge in [0.15, 0.2) is 17.5 Å². The van der Waals surface area contributed by atoms with E-state index in [1.165, 1.54) is 6.07 Å². The van der Waals surface area contributed by atoms with Crippen LogP contribution in [-0.4, -0.2) is 43.8 Å². The van der Waals surface area contributed by atoms with Crippen molar-refractivity contribution in [2.45, 2.75) is 13.5 Å². The molecule has 0 aromatic heterocycles. The minimum atomic E-state index is -0.371. The van der Waals surface area contributed by atoms with E-state index < -0.39 is 0 Å². The van der Waals surface area contributed by atoms with E-state index in [4.69, 9.17) is 15.2 Å². The molecule has 110 valence electrons. The molecule has 20 heavy (non-hydrogen) atoms. The second-order valence-electron chi connectivity index (χ2n) is 4.47. The highest BCUT2D eigenvalue weighted by Gasteiger charge is 2.12. The Morgan fingerprint density at radius 3 is 2.85 bits per heavy atom. The van der Waals surface area contributed by atoms with Gasteiger partial charge in [-0.1, -0.05) is 6.07 Å². The van der Waals surface area contributed by atoms with Gasteiger partial charge in [-0.05, 0) is 24.6 Å². The number of ether oxygens (including phenoxy) is 2. The third-order valence-corrected chi connectivity index (χ3v) is 3.05. The summed E-state index contributed by atoms with van der Waals surface area (Å²) in [5.41, 5.74) is 6.68. The molecule has 6 heteroatoms. The quantitative estimate of drug-likeness (QED) is 0.669. The van der Waals surface area contributed by atoms with Gasteiger partial charge in [-0.2, -0.15) is 0 Å². The lowest BCUT2D eigenvalue weighted by Gasteiger charge is -2.27. The summed E-state index contributed by atoms with van der Waals surface area (Å²) in [5, 5.41) is 0. The lowest BCUT2D eigenvalue weighted by Crippen LogP contribution is -2.44. The maximum atomic E-state index is 13.7. The van der Waals surface area contributed by atoms with Gasteiger partial charge in [0.05, 0.1) is 26.4 Å². The molecular formula is C14H20FN3O2. The average Bonchev–Trinajstić information content (AvgIpc) is 2.48. The van der Waals surface area contributed by atoms with Gasteiger partial charge in [0.1, 0.15) is 0 Å². The number of morpholine rings is 1. The number of aliphatic imine (C=N–C) groups is 1. The zero-order chi connectivity index (χ0) is 14.4. The van der Waals surface area contributed by atoms with Crippen LogP contribution in [0.3, 0.4) is 0 Å². The second-order valence-corrected chi connectivity index (χ2v) is 4.47. The van der Waals surface area contributed by atoms with E-state index in [9.17, 15) is 4.39 Å². The number of rotatable bonds is 4. The molecular weight excluding hydrogens is 261 g/mol. The van der Waals surface area contributed by atoms with Crippen molar-refractivity contribution < 1.29 is 13.9 Å². The Balaban J connectivity index is 1.97. The molecule has 0 saturated carbocycles. The van der Waals surface area contributed by atoms with Crippen molar-refractivity contribution in [2.24, 2.45) is 10.7 Å². The monoisotopic (exact) mass is 281 g/mol. The van der Waals surface area contributed by atoms with E-state index in [-0.39, 0.29) is 11.6 Å². The molecule has 0 radical (unpaired) electrons. The third-order valence-electron chi connectivity index (χ3n) is 3.05. The van der Waals surface area contributed by atoms with Crippen LogP contribution in [0.15, 0.2) is 23.2 Å². The van der Waals surface area contributed by atoms with Crippen molar-refractivity contribution in [3.8, 4) is 5.75 Å². The summed E-state index contributed by atoms with van der Waals surface area (Å²) in [4.78, 5) is 6.26. The first-order chi connectivity index (χ1) is 9.70. The molecule has 2 N–H and O–H groups in total. The molecule has 2 rings (SSSR count). The van der Waals surface area contributed by atoms with Gasteiger partial charge in [-0.15, -0.1) is 0 Å². The highest BCUT2D eigenvalue weighted by atomic mass is 19.1. The van der Waals surface area contributed by atoms with E-state index in [1.54, 1.807) is 12.1 Å². The predicted molar refractivity (Wildman–Crippen MR) is 75.3 cm³/mol. The molecule has 0 spiro atoms. The Morgan fingerprint density at radius 1 is 1.45 bits per heavy atom. The number of benzene rings is 1. The summed E-state index contributed by atoms with van der Waals surface area (Å²) in [7, 11) is 0. The number of hydrogen-bond donors (Lipinski definition) is 1. The van der Waals surface area contributed by atoms with Crippen LogP contribution in [0.1, 0.15) is 12.5 Å². The number of guanidine groups is 1. The molecule has 1 saturated heterocycles. The van der Waals surface area contributed by atoms with Crippen molar-refractivity contribution in [3.05, 3.63) is 29.6 Å². The number of halogens is 1. The van der Waals surface area contributed by atoms with Crippen molar-refractivity contribution in [1.29, 1.82) is 0 Å². The fourth-order valence-electron chi connectivity index (χ4n) is 1.98. The van der Waals surface area contributed by atoms with Crippen LogP contribution in [0.25, 0.3) is 0 Å². The van der Waals surface area contributed by atoms with Gasteiger partial charge in [0.25, 0.3) is 0 Å². The van der Waals surface area contributed by atoms with Crippen LogP contribution in [0, 0.1) is 5.82 Å². The van der Waals surface area contributed by atoms with E-state index in [1.807, 2.05) is 11.8 Å². The van der Waals surface area contributed by atoms with Gasteiger partial charge in [-0.25, -0.2) is 9.38 Å². The zero-order valence-electron chi connectivity index (χ0n) is 11.6. The molecule has 1 aliphatic heterocycles. The molecule has 1 aromatic carbocycles. The van der Waals surface area contributed by atoms with Crippen LogP contribution < -0.4 is 10.5 Å². The minimum Gasteiger partial charge on any atom is -0.491 e. The van der Waals surface area contributed by atoms with Crippen molar-refractivity contribution in [3.63, 3.8) is 0 Å². The second kappa shape index (κ2) is 7.09. The predicted octanol–water partition coefficient (Wildman–Crippen LogP) is 1.37. The van der Waals surface area contributed by atoms with Crippen molar-refractivity contribution in [2.75, 3.05) is 32.9 Å². The summed E-state index contributed by atoms with van der Waals surface area (Å²) in [5.74, 6) is 0.369. The Morgan fingerprint density at radius 2 is 2.20 bits per heavy atom. The SMILES string of the molecule is CCOc1ccc(CN=C(N)N2CCOCC2)cc1F. The Labute approximate surface area is 118 Å². The standard InChI is InChI=1S/C14H20FN3O2/c1-2-20-13-4-3-11(9-12(13)15)10-17-14(16)18-5-7-19-8-6-18/h3-4,9H,2,5-8,10H2,1H3,(H2,16,17). The molecule has 1 aliphatic rings. The molecule has 1 aromatic rings. The Hall–Kier alpha value is -1.82. The molecule has 0 bridgehead atoms. The van der Waals surface area contributed by atoms with Crippen LogP contribution in [0.5, 0.6) is 5.75 Å². The smallest absolute Gasteiger partial charge is 0.191 e. The van der Waals surface area contributed by atoms with E-state index in [0.29, 0.717) is 32.3 Å². The van der Waals surface area contributed by atoms with E-state index in [0.717, 1.165) is 18.7 Å². The largest absolute Gasteiger partial charge is 0.491 e. The molecule has 1 heterocycles. The summed E-state index contributed by atoms with van der Waals surface area (Å²) in [6.45, 7) is 5.42. The van der Waals surface area contributed by atoms with Crippen LogP contribution >= 0.6 is 0 Å². The zero-order valence-corrected chi connectivity index (χ0v) is 11.6. The van der Waals surface area contributed by atoms with Crippen LogP contribution in [0.2, 0.25) is 0 Å². The fourth-order valence-corrected chi connectivity index (χ4v) is 1.98. The number of nitrogens with zero attached hydrogens (tertiary/aromatic N) is 2. The van der Waals surface area contributed by atoms with Crippen LogP contribution in [0.4, 0.5) is 4.39 Å². The maximum Gasteiger partial charge on any atom is 0.191 e. The molecule has 0 aliphatic carbocycles. The first kappa shape index (κ1) is 14.6. The lowest BCUT2D eigenvalue weighted by atomic mass is 10.2. The molecule has 0 amide bonds. The Bertz CT molecular complexity index is 473. The number of nitrogens with two attached hydrogens (primary N) is 1. The van der Waals surface area contributed by atoms with Crippen LogP contribution in [-0.2, 0) is 11.3 Å². The summed E-state index contributed by atoms with van der Waals surface area (Å²) in [6, 6.07) is 4.85. The normalized spacial score (nSPS) is 16.3. The maximum absolute atomic E-state index is 13.7. The summed E-state index contributed by atoms with van der Waals surface area (Å²) in [6.07, 6.45) is 0. The molecule has 5 nitrogen and oxygen atoms in total. The lowest BCUT2D eigenvalue weighted by molar-refractivity contribution is 0.0674. The van der Waals surface area contributed by atoms with E-state index in [2.05, 4.69) is 4.99 Å². The van der Waals surface area contributed by atoms with Crippen molar-refractivity contribution in [1.82, 2.24) is 4.90 Å². The summed E-state index contributed by atoms with van der Waals surface area (Å²) >= 11 is 0. The Kier molecular flexibility index (Phi) is 5.17. The fraction of sp³-hybridized carbons (Fsp3) is 0.500. The van der Waals surface area contributed by atoms with E-state index >= 15 is 0 Å². The molecule has 0 unspecified atom stereocenters. The highest BCUT2D eigenvalue weighted by molar-refractivity contribution is 5.78. The van der Waals surface area contributed by atoms with Gasteiger partial charge in [0.2, 0.25) is 0 Å². The van der Waals surface area contributed by atoms with Gasteiger partial charge < -0.3 is 20.1 Å². The minimum absolute atomic E-state index is 0.265. The first-order valence-electron chi connectivity index (χ1n) is 6.74.